The maximum atomic E-state index is 12.4. The Kier molecular flexibility index (Phi) is 3.66. The fourth-order valence-corrected chi connectivity index (χ4v) is 3.62. The third-order valence-electron chi connectivity index (χ3n) is 4.69. The van der Waals surface area contributed by atoms with Crippen LogP contribution in [0.2, 0.25) is 0 Å². The molecule has 108 valence electrons. The number of benzene rings is 1. The molecule has 2 bridgehead atoms. The second-order valence-corrected chi connectivity index (χ2v) is 5.88. The zero-order chi connectivity index (χ0) is 14.0. The molecule has 0 spiro atoms. The molecule has 1 aromatic carbocycles. The molecule has 0 aromatic heterocycles. The predicted octanol–water partition coefficient (Wildman–Crippen LogP) is 2.70. The molecule has 0 saturated carbocycles. The van der Waals surface area contributed by atoms with Crippen molar-refractivity contribution in [3.05, 3.63) is 35.9 Å². The molecule has 1 amide bonds. The molecule has 4 nitrogen and oxygen atoms in total. The topological polar surface area (TPSA) is 49.8 Å². The lowest BCUT2D eigenvalue weighted by Gasteiger charge is -2.42. The molecule has 2 saturated heterocycles. The van der Waals surface area contributed by atoms with Crippen LogP contribution in [0.1, 0.15) is 37.7 Å². The minimum atomic E-state index is -0.364. The number of carbonyl (C=O) groups is 1. The summed E-state index contributed by atoms with van der Waals surface area (Å²) in [6.45, 7) is 0.342. The van der Waals surface area contributed by atoms with Gasteiger partial charge in [0.25, 0.3) is 0 Å². The van der Waals surface area contributed by atoms with E-state index in [4.69, 9.17) is 4.74 Å². The summed E-state index contributed by atoms with van der Waals surface area (Å²) in [7, 11) is 0. The first-order chi connectivity index (χ1) is 9.75. The first-order valence-electron chi connectivity index (χ1n) is 7.36. The number of amides is 1. The minimum absolute atomic E-state index is 0.0456. The standard InChI is InChI=1S/C16H21NO3/c18-12-16-9-4-7-14(8-10-16)17(16)15(19)20-11-13-5-2-1-3-6-13/h1-3,5-6,14,18H,4,7-12H2. The van der Waals surface area contributed by atoms with Crippen molar-refractivity contribution in [2.45, 2.75) is 50.3 Å². The van der Waals surface area contributed by atoms with Gasteiger partial charge in [0.15, 0.2) is 0 Å². The highest BCUT2D eigenvalue weighted by molar-refractivity contribution is 5.70. The largest absolute Gasteiger partial charge is 0.445 e. The molecular weight excluding hydrogens is 254 g/mol. The van der Waals surface area contributed by atoms with Gasteiger partial charge in [-0.05, 0) is 37.7 Å². The normalized spacial score (nSPS) is 28.4. The van der Waals surface area contributed by atoms with Crippen molar-refractivity contribution in [3.63, 3.8) is 0 Å². The van der Waals surface area contributed by atoms with Gasteiger partial charge < -0.3 is 9.84 Å². The summed E-state index contributed by atoms with van der Waals surface area (Å²) in [6, 6.07) is 9.95. The van der Waals surface area contributed by atoms with E-state index in [0.717, 1.165) is 37.7 Å². The molecule has 3 rings (SSSR count). The van der Waals surface area contributed by atoms with Gasteiger partial charge in [-0.3, -0.25) is 4.90 Å². The van der Waals surface area contributed by atoms with E-state index in [2.05, 4.69) is 0 Å². The van der Waals surface area contributed by atoms with Crippen molar-refractivity contribution in [2.24, 2.45) is 0 Å². The third kappa shape index (κ3) is 2.29. The number of hydrogen-bond donors (Lipinski definition) is 1. The summed E-state index contributed by atoms with van der Waals surface area (Å²) < 4.78 is 5.45. The fraction of sp³-hybridized carbons (Fsp3) is 0.562. The van der Waals surface area contributed by atoms with E-state index in [9.17, 15) is 9.90 Å². The minimum Gasteiger partial charge on any atom is -0.445 e. The van der Waals surface area contributed by atoms with E-state index in [1.165, 1.54) is 0 Å². The van der Waals surface area contributed by atoms with Crippen LogP contribution in [-0.4, -0.2) is 34.3 Å². The summed E-state index contributed by atoms with van der Waals surface area (Å²) >= 11 is 0. The summed E-state index contributed by atoms with van der Waals surface area (Å²) in [5.74, 6) is 0. The fourth-order valence-electron chi connectivity index (χ4n) is 3.62. The van der Waals surface area contributed by atoms with Gasteiger partial charge in [-0.2, -0.15) is 0 Å². The highest BCUT2D eigenvalue weighted by atomic mass is 16.6. The number of ether oxygens (including phenoxy) is 1. The Morgan fingerprint density at radius 2 is 2.10 bits per heavy atom. The van der Waals surface area contributed by atoms with Crippen molar-refractivity contribution in [3.8, 4) is 0 Å². The molecule has 0 radical (unpaired) electrons. The molecule has 2 atom stereocenters. The van der Waals surface area contributed by atoms with Crippen LogP contribution in [0.25, 0.3) is 0 Å². The number of hydrogen-bond acceptors (Lipinski definition) is 3. The van der Waals surface area contributed by atoms with Gasteiger partial charge in [-0.1, -0.05) is 30.3 Å². The third-order valence-corrected chi connectivity index (χ3v) is 4.69. The van der Waals surface area contributed by atoms with Crippen LogP contribution in [0, 0.1) is 0 Å². The van der Waals surface area contributed by atoms with Gasteiger partial charge in [0.1, 0.15) is 6.61 Å². The van der Waals surface area contributed by atoms with Crippen LogP contribution in [-0.2, 0) is 11.3 Å². The Labute approximate surface area is 119 Å². The van der Waals surface area contributed by atoms with Crippen LogP contribution in [0.3, 0.4) is 0 Å². The lowest BCUT2D eigenvalue weighted by atomic mass is 9.89. The SMILES string of the molecule is O=C(OCc1ccccc1)N1C2CCCC1(CO)CC2. The number of aliphatic hydroxyl groups excluding tert-OH is 1. The molecule has 20 heavy (non-hydrogen) atoms. The summed E-state index contributed by atoms with van der Waals surface area (Å²) in [4.78, 5) is 14.2. The smallest absolute Gasteiger partial charge is 0.410 e. The van der Waals surface area contributed by atoms with Gasteiger partial charge in [0.2, 0.25) is 0 Å². The first kappa shape index (κ1) is 13.4. The maximum absolute atomic E-state index is 12.4. The van der Waals surface area contributed by atoms with E-state index in [-0.39, 0.29) is 24.3 Å². The van der Waals surface area contributed by atoms with Gasteiger partial charge >= 0.3 is 6.09 Å². The van der Waals surface area contributed by atoms with Gasteiger partial charge in [-0.25, -0.2) is 4.79 Å². The highest BCUT2D eigenvalue weighted by Gasteiger charge is 2.51. The number of piperidine rings is 1. The molecule has 2 aliphatic heterocycles. The summed E-state index contributed by atoms with van der Waals surface area (Å²) in [5, 5.41) is 9.72. The number of rotatable bonds is 3. The van der Waals surface area contributed by atoms with Crippen LogP contribution in [0.15, 0.2) is 30.3 Å². The number of aliphatic hydroxyl groups is 1. The van der Waals surface area contributed by atoms with E-state index in [1.807, 2.05) is 35.2 Å². The Morgan fingerprint density at radius 3 is 2.85 bits per heavy atom. The lowest BCUT2D eigenvalue weighted by Crippen LogP contribution is -2.55. The lowest BCUT2D eigenvalue weighted by molar-refractivity contribution is -0.000349. The van der Waals surface area contributed by atoms with E-state index in [0.29, 0.717) is 6.61 Å². The van der Waals surface area contributed by atoms with E-state index < -0.39 is 0 Å². The zero-order valence-corrected chi connectivity index (χ0v) is 11.6. The zero-order valence-electron chi connectivity index (χ0n) is 11.6. The first-order valence-corrected chi connectivity index (χ1v) is 7.36. The Balaban J connectivity index is 1.67. The molecule has 2 fully saturated rings. The number of fused-ring (bicyclic) bond motifs is 2. The van der Waals surface area contributed by atoms with Crippen LogP contribution >= 0.6 is 0 Å². The Morgan fingerprint density at radius 1 is 1.30 bits per heavy atom. The van der Waals surface area contributed by atoms with Crippen molar-refractivity contribution in [2.75, 3.05) is 6.61 Å². The van der Waals surface area contributed by atoms with Crippen LogP contribution in [0.4, 0.5) is 4.79 Å². The van der Waals surface area contributed by atoms with Gasteiger partial charge in [-0.15, -0.1) is 0 Å². The van der Waals surface area contributed by atoms with Gasteiger partial charge in [0.05, 0.1) is 12.1 Å². The predicted molar refractivity (Wildman–Crippen MR) is 75.2 cm³/mol. The monoisotopic (exact) mass is 275 g/mol. The highest BCUT2D eigenvalue weighted by Crippen LogP contribution is 2.44. The van der Waals surface area contributed by atoms with E-state index in [1.54, 1.807) is 0 Å². The second-order valence-electron chi connectivity index (χ2n) is 5.88. The summed E-state index contributed by atoms with van der Waals surface area (Å²) in [5.41, 5.74) is 0.625. The van der Waals surface area contributed by atoms with Crippen molar-refractivity contribution >= 4 is 6.09 Å². The molecule has 2 unspecified atom stereocenters. The average molecular weight is 275 g/mol. The Hall–Kier alpha value is -1.55. The Bertz CT molecular complexity index is 472. The molecular formula is C16H21NO3. The van der Waals surface area contributed by atoms with E-state index >= 15 is 0 Å². The molecule has 0 aliphatic carbocycles. The number of carbonyl (C=O) groups excluding carboxylic acids is 1. The van der Waals surface area contributed by atoms with Crippen molar-refractivity contribution in [1.82, 2.24) is 4.90 Å². The molecule has 1 aromatic rings. The molecule has 2 heterocycles. The van der Waals surface area contributed by atoms with Crippen molar-refractivity contribution in [1.29, 1.82) is 0 Å². The average Bonchev–Trinajstić information content (AvgIpc) is 2.73. The second kappa shape index (κ2) is 5.44. The summed E-state index contributed by atoms with van der Waals surface area (Å²) in [6.07, 6.45) is 4.62. The van der Waals surface area contributed by atoms with Gasteiger partial charge in [0, 0.05) is 6.04 Å². The quantitative estimate of drug-likeness (QED) is 0.922. The van der Waals surface area contributed by atoms with Crippen LogP contribution < -0.4 is 0 Å². The number of nitrogens with zero attached hydrogens (tertiary/aromatic N) is 1. The maximum Gasteiger partial charge on any atom is 0.410 e. The molecule has 2 aliphatic rings. The van der Waals surface area contributed by atoms with Crippen LogP contribution in [0.5, 0.6) is 0 Å². The molecule has 1 N–H and O–H groups in total. The molecule has 4 heteroatoms. The van der Waals surface area contributed by atoms with Crippen molar-refractivity contribution < 1.29 is 14.6 Å².